The second-order valence-electron chi connectivity index (χ2n) is 9.73. The molecular weight excluding hydrogens is 622 g/mol. The summed E-state index contributed by atoms with van der Waals surface area (Å²) in [5.74, 6) is -2.82. The Morgan fingerprint density at radius 2 is 2.02 bits per heavy atom. The molecule has 20 heteroatoms. The highest BCUT2D eigenvalue weighted by molar-refractivity contribution is 7.84. The van der Waals surface area contributed by atoms with Gasteiger partial charge in [0.05, 0.1) is 6.04 Å². The first kappa shape index (κ1) is 32.4. The molecule has 44 heavy (non-hydrogen) atoms. The number of thiazole rings is 1. The van der Waals surface area contributed by atoms with Gasteiger partial charge in [-0.1, -0.05) is 11.2 Å². The van der Waals surface area contributed by atoms with Gasteiger partial charge in [-0.25, -0.2) is 14.1 Å². The van der Waals surface area contributed by atoms with E-state index in [1.807, 2.05) is 11.0 Å². The number of hydrogen-bond donors (Lipinski definition) is 6. The van der Waals surface area contributed by atoms with Crippen molar-refractivity contribution in [3.8, 4) is 5.75 Å². The Labute approximate surface area is 255 Å². The fourth-order valence-corrected chi connectivity index (χ4v) is 5.79. The molecule has 0 spiro atoms. The number of rotatable bonds is 13. The highest BCUT2D eigenvalue weighted by atomic mass is 32.2. The number of hydrogen-bond acceptors (Lipinski definition) is 13. The van der Waals surface area contributed by atoms with Crippen LogP contribution in [0.2, 0.25) is 0 Å². The van der Waals surface area contributed by atoms with Gasteiger partial charge in [-0.15, -0.1) is 11.3 Å². The molecule has 3 heterocycles. The summed E-state index contributed by atoms with van der Waals surface area (Å²) in [6, 6.07) is 2.80. The van der Waals surface area contributed by atoms with Gasteiger partial charge in [0.2, 0.25) is 0 Å². The van der Waals surface area contributed by atoms with E-state index in [1.165, 1.54) is 12.3 Å². The molecule has 9 N–H and O–H groups in total. The van der Waals surface area contributed by atoms with Gasteiger partial charge in [-0.3, -0.25) is 19.1 Å². The van der Waals surface area contributed by atoms with E-state index in [4.69, 9.17) is 26.8 Å². The summed E-state index contributed by atoms with van der Waals surface area (Å²) in [6.07, 6.45) is -0.960. The summed E-state index contributed by atoms with van der Waals surface area (Å²) >= 11 is 0.956. The van der Waals surface area contributed by atoms with Crippen molar-refractivity contribution in [3.05, 3.63) is 40.4 Å². The van der Waals surface area contributed by atoms with Crippen LogP contribution in [0.15, 0.2) is 33.7 Å². The van der Waals surface area contributed by atoms with E-state index in [-0.39, 0.29) is 15.1 Å². The lowest BCUT2D eigenvalue weighted by Gasteiger charge is -2.42. The molecule has 0 saturated carbocycles. The number of nitrogen functional groups attached to an aromatic ring is 1. The minimum Gasteiger partial charge on any atom is -0.489 e. The molecule has 0 bridgehead atoms. The Balaban J connectivity index is 1.43. The number of aliphatic carboxylic acids is 1. The van der Waals surface area contributed by atoms with Crippen LogP contribution in [0, 0.1) is 0 Å². The third-order valence-electron chi connectivity index (χ3n) is 6.66. The third kappa shape index (κ3) is 7.33. The average Bonchev–Trinajstić information content (AvgIpc) is 3.58. The SMILES string of the molecule is C[C@H]1[C@H](NC(=O)/C(=N\O[C@@H](COc2ccc3c(c2)CN(C(N)=NCCCN)C3)C(=O)O)c2csc(N)n2)C(=O)N1S(=O)(=O)O. The first-order valence-corrected chi connectivity index (χ1v) is 15.4. The van der Waals surface area contributed by atoms with Crippen molar-refractivity contribution in [2.24, 2.45) is 21.6 Å². The summed E-state index contributed by atoms with van der Waals surface area (Å²) in [5.41, 5.74) is 18.5. The minimum atomic E-state index is -4.82. The zero-order valence-corrected chi connectivity index (χ0v) is 25.0. The van der Waals surface area contributed by atoms with E-state index >= 15 is 0 Å². The molecule has 0 unspecified atom stereocenters. The zero-order valence-electron chi connectivity index (χ0n) is 23.3. The lowest BCUT2D eigenvalue weighted by atomic mass is 10.0. The number of carboxylic acid groups (broad SMARTS) is 1. The van der Waals surface area contributed by atoms with Gasteiger partial charge in [-0.05, 0) is 43.1 Å². The smallest absolute Gasteiger partial charge is 0.362 e. The first-order valence-electron chi connectivity index (χ1n) is 13.1. The summed E-state index contributed by atoms with van der Waals surface area (Å²) in [4.78, 5) is 52.5. The molecule has 0 aliphatic carbocycles. The Kier molecular flexibility index (Phi) is 9.87. The van der Waals surface area contributed by atoms with E-state index in [0.717, 1.165) is 28.9 Å². The number of aromatic nitrogens is 1. The summed E-state index contributed by atoms with van der Waals surface area (Å²) in [7, 11) is -4.82. The van der Waals surface area contributed by atoms with E-state index in [1.54, 1.807) is 12.1 Å². The van der Waals surface area contributed by atoms with Crippen LogP contribution >= 0.6 is 11.3 Å². The van der Waals surface area contributed by atoms with E-state index in [9.17, 15) is 32.5 Å². The Hall–Kier alpha value is -4.53. The van der Waals surface area contributed by atoms with Crippen LogP contribution in [0.25, 0.3) is 0 Å². The van der Waals surface area contributed by atoms with Gasteiger partial charge in [-0.2, -0.15) is 8.42 Å². The molecule has 238 valence electrons. The molecule has 1 aromatic heterocycles. The molecule has 2 aliphatic rings. The van der Waals surface area contributed by atoms with Crippen molar-refractivity contribution < 1.29 is 42.0 Å². The molecule has 3 atom stereocenters. The molecule has 18 nitrogen and oxygen atoms in total. The Bertz CT molecular complexity index is 1590. The topological polar surface area (TPSA) is 278 Å². The van der Waals surface area contributed by atoms with Crippen molar-refractivity contribution >= 4 is 56.2 Å². The predicted octanol–water partition coefficient (Wildman–Crippen LogP) is -1.52. The van der Waals surface area contributed by atoms with Gasteiger partial charge in [0.1, 0.15) is 24.1 Å². The number of aliphatic imine (C=N–C) groups is 1. The van der Waals surface area contributed by atoms with Crippen LogP contribution < -0.4 is 27.3 Å². The van der Waals surface area contributed by atoms with Crippen LogP contribution in [0.1, 0.15) is 30.2 Å². The van der Waals surface area contributed by atoms with Crippen molar-refractivity contribution in [1.82, 2.24) is 19.5 Å². The molecule has 2 amide bonds. The fourth-order valence-electron chi connectivity index (χ4n) is 4.36. The Morgan fingerprint density at radius 1 is 1.30 bits per heavy atom. The van der Waals surface area contributed by atoms with Gasteiger partial charge < -0.3 is 42.1 Å². The van der Waals surface area contributed by atoms with Gasteiger partial charge >= 0.3 is 16.3 Å². The molecule has 2 aromatic rings. The second kappa shape index (κ2) is 13.4. The predicted molar refractivity (Wildman–Crippen MR) is 157 cm³/mol. The number of fused-ring (bicyclic) bond motifs is 1. The quantitative estimate of drug-likeness (QED) is 0.0358. The molecule has 0 radical (unpaired) electrons. The average molecular weight is 654 g/mol. The largest absolute Gasteiger partial charge is 0.489 e. The maximum Gasteiger partial charge on any atom is 0.362 e. The molecule has 1 saturated heterocycles. The number of nitrogens with two attached hydrogens (primary N) is 3. The van der Waals surface area contributed by atoms with E-state index in [2.05, 4.69) is 20.4 Å². The summed E-state index contributed by atoms with van der Waals surface area (Å²) < 4.78 is 37.8. The van der Waals surface area contributed by atoms with Crippen molar-refractivity contribution in [2.45, 2.75) is 44.6 Å². The van der Waals surface area contributed by atoms with Crippen LogP contribution in [0.4, 0.5) is 5.13 Å². The van der Waals surface area contributed by atoms with Crippen LogP contribution in [0.5, 0.6) is 5.75 Å². The molecule has 2 aliphatic heterocycles. The summed E-state index contributed by atoms with van der Waals surface area (Å²) in [6.45, 7) is 2.85. The van der Waals surface area contributed by atoms with E-state index in [0.29, 0.717) is 37.9 Å². The number of carbonyl (C=O) groups is 3. The number of ether oxygens (including phenoxy) is 1. The highest BCUT2D eigenvalue weighted by Gasteiger charge is 2.51. The van der Waals surface area contributed by atoms with Gasteiger partial charge in [0.15, 0.2) is 16.8 Å². The van der Waals surface area contributed by atoms with Crippen molar-refractivity contribution in [2.75, 3.05) is 25.4 Å². The monoisotopic (exact) mass is 653 g/mol. The number of amides is 2. The molecular formula is C24H31N9O9S2. The number of anilines is 1. The van der Waals surface area contributed by atoms with Gasteiger partial charge in [0, 0.05) is 25.0 Å². The van der Waals surface area contributed by atoms with Crippen LogP contribution in [-0.4, -0.2) is 99.6 Å². The van der Waals surface area contributed by atoms with Crippen molar-refractivity contribution in [3.63, 3.8) is 0 Å². The summed E-state index contributed by atoms with van der Waals surface area (Å²) in [5, 5.41) is 17.1. The minimum absolute atomic E-state index is 0.0584. The lowest BCUT2D eigenvalue weighted by molar-refractivity contribution is -0.152. The maximum absolute atomic E-state index is 13.0. The van der Waals surface area contributed by atoms with Crippen molar-refractivity contribution in [1.29, 1.82) is 0 Å². The Morgan fingerprint density at radius 3 is 2.64 bits per heavy atom. The standard InChI is InChI=1S/C24H31N9O9S2/c1-12-18(21(35)33(12)44(38,39)40)30-20(34)19(16-11-43-24(27)29-16)31-42-17(22(36)37)10-41-15-4-3-13-8-32(9-14(13)7-15)23(26)28-6-2-5-25/h3-4,7,11-12,17-18H,2,5-6,8-10,25H2,1H3,(H2,26,28)(H2,27,29)(H,30,34)(H,36,37)(H,38,39,40)/b31-19-/t12-,17-,18-/m0/s1. The third-order valence-corrected chi connectivity index (χ3v) is 8.34. The number of carbonyl (C=O) groups excluding carboxylic acids is 2. The van der Waals surface area contributed by atoms with Crippen LogP contribution in [-0.2, 0) is 42.6 Å². The molecule has 4 rings (SSSR count). The first-order chi connectivity index (χ1) is 20.8. The second-order valence-corrected chi connectivity index (χ2v) is 11.9. The number of guanidine groups is 1. The number of β-lactam (4-membered cyclic amide) rings is 1. The maximum atomic E-state index is 13.0. The number of nitrogens with zero attached hydrogens (tertiary/aromatic N) is 5. The fraction of sp³-hybridized carbons (Fsp3) is 0.417. The molecule has 1 fully saturated rings. The highest BCUT2D eigenvalue weighted by Crippen LogP contribution is 2.27. The normalized spacial score (nSPS) is 19.3. The number of carboxylic acids is 1. The number of nitrogens with one attached hydrogen (secondary N) is 1. The zero-order chi connectivity index (χ0) is 32.2. The molecule has 1 aromatic carbocycles. The number of benzene rings is 1. The number of oxime groups is 1. The van der Waals surface area contributed by atoms with Gasteiger partial charge in [0.25, 0.3) is 17.9 Å². The lowest BCUT2D eigenvalue weighted by Crippen LogP contribution is -2.71. The van der Waals surface area contributed by atoms with Crippen LogP contribution in [0.3, 0.4) is 0 Å². The van der Waals surface area contributed by atoms with E-state index < -0.39 is 58.6 Å².